The number of ether oxygens (including phenoxy) is 2. The van der Waals surface area contributed by atoms with E-state index in [2.05, 4.69) is 20.4 Å². The molecular formula is C20H28N2O5S2. The predicted molar refractivity (Wildman–Crippen MR) is 119 cm³/mol. The van der Waals surface area contributed by atoms with Crippen LogP contribution in [-0.2, 0) is 0 Å². The fourth-order valence-electron chi connectivity index (χ4n) is 3.37. The quantitative estimate of drug-likeness (QED) is 0.215. The number of amides is 1. The number of hydrogen-bond acceptors (Lipinski definition) is 7. The third-order valence-corrected chi connectivity index (χ3v) is 7.37. The maximum Gasteiger partial charge on any atom is 0.286 e. The number of methoxy groups -OCH3 is 1. The molecule has 2 rings (SSSR count). The molecule has 1 heterocycles. The van der Waals surface area contributed by atoms with Crippen LogP contribution >= 0.6 is 23.5 Å². The maximum absolute atomic E-state index is 13.4. The van der Waals surface area contributed by atoms with Gasteiger partial charge in [0.2, 0.25) is 0 Å². The van der Waals surface area contributed by atoms with Crippen molar-refractivity contribution in [2.45, 2.75) is 37.3 Å². The van der Waals surface area contributed by atoms with Crippen molar-refractivity contribution in [1.82, 2.24) is 4.90 Å². The Kier molecular flexibility index (Phi) is 9.16. The van der Waals surface area contributed by atoms with Crippen LogP contribution in [0.15, 0.2) is 24.8 Å². The molecule has 1 atom stereocenters. The van der Waals surface area contributed by atoms with Crippen LogP contribution in [0.5, 0.6) is 11.5 Å². The van der Waals surface area contributed by atoms with E-state index in [9.17, 15) is 14.9 Å². The average molecular weight is 441 g/mol. The summed E-state index contributed by atoms with van der Waals surface area (Å²) < 4.78 is 11.1. The van der Waals surface area contributed by atoms with Crippen molar-refractivity contribution in [3.05, 3.63) is 40.5 Å². The fourth-order valence-corrected chi connectivity index (χ4v) is 6.24. The van der Waals surface area contributed by atoms with Gasteiger partial charge in [-0.25, -0.2) is 0 Å². The van der Waals surface area contributed by atoms with Crippen LogP contribution in [0.25, 0.3) is 0 Å². The molecule has 0 radical (unpaired) electrons. The van der Waals surface area contributed by atoms with Crippen LogP contribution in [0.3, 0.4) is 0 Å². The molecule has 7 nitrogen and oxygen atoms in total. The van der Waals surface area contributed by atoms with E-state index in [0.29, 0.717) is 12.3 Å². The van der Waals surface area contributed by atoms with Gasteiger partial charge in [0.25, 0.3) is 11.6 Å². The second-order valence-corrected chi connectivity index (χ2v) is 9.50. The van der Waals surface area contributed by atoms with Crippen LogP contribution in [0.4, 0.5) is 5.69 Å². The van der Waals surface area contributed by atoms with E-state index in [0.717, 1.165) is 24.3 Å². The smallest absolute Gasteiger partial charge is 0.286 e. The summed E-state index contributed by atoms with van der Waals surface area (Å²) >= 11 is 3.65. The molecule has 0 saturated carbocycles. The minimum absolute atomic E-state index is 0.0338. The Hall–Kier alpha value is -1.87. The summed E-state index contributed by atoms with van der Waals surface area (Å²) in [6.45, 7) is 8.56. The number of benzene rings is 1. The molecule has 0 aromatic heterocycles. The number of nitrogens with zero attached hydrogens (tertiary/aromatic N) is 2. The first-order valence-corrected chi connectivity index (χ1v) is 11.7. The van der Waals surface area contributed by atoms with E-state index in [1.807, 2.05) is 23.5 Å². The number of rotatable bonds is 11. The highest BCUT2D eigenvalue weighted by molar-refractivity contribution is 8.17. The lowest BCUT2D eigenvalue weighted by Gasteiger charge is -2.31. The van der Waals surface area contributed by atoms with Gasteiger partial charge in [0.15, 0.2) is 11.5 Å². The van der Waals surface area contributed by atoms with Crippen molar-refractivity contribution < 1.29 is 19.2 Å². The zero-order valence-corrected chi connectivity index (χ0v) is 18.7. The van der Waals surface area contributed by atoms with Crippen molar-refractivity contribution in [1.29, 1.82) is 0 Å². The number of thioether (sulfide) groups is 2. The first-order valence-electron chi connectivity index (χ1n) is 9.62. The van der Waals surface area contributed by atoms with Crippen LogP contribution < -0.4 is 9.47 Å². The van der Waals surface area contributed by atoms with E-state index in [1.165, 1.54) is 25.3 Å². The Morgan fingerprint density at radius 3 is 2.62 bits per heavy atom. The highest BCUT2D eigenvalue weighted by atomic mass is 32.2. The molecule has 1 amide bonds. The first-order chi connectivity index (χ1) is 14.0. The van der Waals surface area contributed by atoms with Crippen molar-refractivity contribution in [2.24, 2.45) is 0 Å². The molecule has 1 saturated heterocycles. The summed E-state index contributed by atoms with van der Waals surface area (Å²) in [7, 11) is 1.45. The van der Waals surface area contributed by atoms with Crippen molar-refractivity contribution in [3.8, 4) is 11.5 Å². The van der Waals surface area contributed by atoms with Crippen LogP contribution in [0.2, 0.25) is 0 Å². The van der Waals surface area contributed by atoms with E-state index in [4.69, 9.17) is 9.47 Å². The Labute approximate surface area is 180 Å². The SMILES string of the molecule is C=CCOc1cc([N+](=O)[O-])c(C(=O)N2CCC[C@H]2C(SCC)SCC)cc1OC. The van der Waals surface area contributed by atoms with Gasteiger partial charge in [-0.3, -0.25) is 14.9 Å². The maximum atomic E-state index is 13.4. The lowest BCUT2D eigenvalue weighted by molar-refractivity contribution is -0.385. The number of carbonyl (C=O) groups excluding carboxylic acids is 1. The Morgan fingerprint density at radius 1 is 1.38 bits per heavy atom. The summed E-state index contributed by atoms with van der Waals surface area (Å²) in [5.74, 6) is 2.10. The molecule has 160 valence electrons. The first kappa shape index (κ1) is 23.4. The van der Waals surface area contributed by atoms with E-state index >= 15 is 0 Å². The van der Waals surface area contributed by atoms with E-state index in [1.54, 1.807) is 4.90 Å². The molecule has 1 aromatic rings. The molecule has 29 heavy (non-hydrogen) atoms. The standard InChI is InChI=1S/C20H28N2O5S2/c1-5-11-27-18-13-16(22(24)25)14(12-17(18)26-4)19(23)21-10-8-9-15(21)20(28-6-2)29-7-3/h5,12-13,15,20H,1,6-11H2,2-4H3/t15-/m0/s1. The lowest BCUT2D eigenvalue weighted by Crippen LogP contribution is -2.41. The number of carbonyl (C=O) groups is 1. The molecule has 1 aliphatic rings. The molecule has 0 aliphatic carbocycles. The lowest BCUT2D eigenvalue weighted by atomic mass is 10.1. The van der Waals surface area contributed by atoms with Crippen molar-refractivity contribution in [2.75, 3.05) is 31.8 Å². The molecule has 0 spiro atoms. The van der Waals surface area contributed by atoms with E-state index < -0.39 is 4.92 Å². The van der Waals surface area contributed by atoms with Crippen molar-refractivity contribution >= 4 is 35.1 Å². The van der Waals surface area contributed by atoms with Crippen molar-refractivity contribution in [3.63, 3.8) is 0 Å². The van der Waals surface area contributed by atoms with E-state index in [-0.39, 0.29) is 40.1 Å². The van der Waals surface area contributed by atoms with Gasteiger partial charge in [-0.15, -0.1) is 23.5 Å². The third-order valence-electron chi connectivity index (χ3n) is 4.60. The minimum Gasteiger partial charge on any atom is -0.493 e. The molecule has 1 aromatic carbocycles. The Bertz CT molecular complexity index is 738. The number of likely N-dealkylation sites (tertiary alicyclic amines) is 1. The highest BCUT2D eigenvalue weighted by Gasteiger charge is 2.38. The van der Waals surface area contributed by atoms with Gasteiger partial charge in [-0.2, -0.15) is 0 Å². The summed E-state index contributed by atoms with van der Waals surface area (Å²) in [5.41, 5.74) is -0.241. The molecule has 1 fully saturated rings. The summed E-state index contributed by atoms with van der Waals surface area (Å²) in [6, 6.07) is 2.74. The minimum atomic E-state index is -0.544. The third kappa shape index (κ3) is 5.60. The Balaban J connectivity index is 2.41. The molecule has 9 heteroatoms. The van der Waals surface area contributed by atoms with Crippen LogP contribution in [0, 0.1) is 10.1 Å². The van der Waals surface area contributed by atoms with Crippen LogP contribution in [0.1, 0.15) is 37.0 Å². The molecule has 1 aliphatic heterocycles. The topological polar surface area (TPSA) is 81.9 Å². The van der Waals surface area contributed by atoms with Gasteiger partial charge < -0.3 is 14.4 Å². The van der Waals surface area contributed by atoms with Gasteiger partial charge in [0, 0.05) is 12.6 Å². The summed E-state index contributed by atoms with van der Waals surface area (Å²) in [4.78, 5) is 26.3. The van der Waals surface area contributed by atoms with Gasteiger partial charge in [-0.05, 0) is 24.3 Å². The highest BCUT2D eigenvalue weighted by Crippen LogP contribution is 2.39. The largest absolute Gasteiger partial charge is 0.493 e. The second-order valence-electron chi connectivity index (χ2n) is 6.36. The van der Waals surface area contributed by atoms with Gasteiger partial charge in [0.05, 0.1) is 28.7 Å². The molecule has 0 bridgehead atoms. The van der Waals surface area contributed by atoms with Gasteiger partial charge >= 0.3 is 0 Å². The number of nitro groups is 1. The summed E-state index contributed by atoms with van der Waals surface area (Å²) in [6.07, 6.45) is 3.34. The molecular weight excluding hydrogens is 412 g/mol. The number of nitro benzene ring substituents is 1. The molecule has 0 N–H and O–H groups in total. The van der Waals surface area contributed by atoms with Gasteiger partial charge in [0.1, 0.15) is 12.2 Å². The monoisotopic (exact) mass is 440 g/mol. The average Bonchev–Trinajstić information content (AvgIpc) is 3.20. The number of hydrogen-bond donors (Lipinski definition) is 0. The normalized spacial score (nSPS) is 16.1. The van der Waals surface area contributed by atoms with Gasteiger partial charge in [-0.1, -0.05) is 26.5 Å². The summed E-state index contributed by atoms with van der Waals surface area (Å²) in [5, 5.41) is 11.7. The predicted octanol–water partition coefficient (Wildman–Crippen LogP) is 4.61. The zero-order chi connectivity index (χ0) is 21.4. The van der Waals surface area contributed by atoms with Crippen LogP contribution in [-0.4, -0.2) is 58.1 Å². The molecule has 0 unspecified atom stereocenters. The Morgan fingerprint density at radius 2 is 2.07 bits per heavy atom. The fraction of sp³-hybridized carbons (Fsp3) is 0.550. The second kappa shape index (κ2) is 11.3. The zero-order valence-electron chi connectivity index (χ0n) is 17.1.